The van der Waals surface area contributed by atoms with Gasteiger partial charge in [-0.3, -0.25) is 14.6 Å². The number of anilines is 1. The molecule has 1 N–H and O–H groups in total. The van der Waals surface area contributed by atoms with E-state index in [1.165, 1.54) is 12.4 Å². The molecule has 0 radical (unpaired) electrons. The quantitative estimate of drug-likeness (QED) is 0.393. The van der Waals surface area contributed by atoms with Gasteiger partial charge in [-0.2, -0.15) is 0 Å². The van der Waals surface area contributed by atoms with Crippen molar-refractivity contribution < 1.29 is 31.9 Å². The van der Waals surface area contributed by atoms with Gasteiger partial charge in [0.05, 0.1) is 25.0 Å². The van der Waals surface area contributed by atoms with E-state index in [0.717, 1.165) is 23.6 Å². The molecule has 0 saturated heterocycles. The number of benzene rings is 1. The number of carbonyl (C=O) groups is 2. The Kier molecular flexibility index (Phi) is 5.71. The fourth-order valence-electron chi connectivity index (χ4n) is 3.69. The maximum atomic E-state index is 12.9. The van der Waals surface area contributed by atoms with Gasteiger partial charge < -0.3 is 14.5 Å². The Morgan fingerprint density at radius 3 is 2.58 bits per heavy atom. The Morgan fingerprint density at radius 2 is 1.83 bits per heavy atom. The number of pyridine rings is 1. The molecule has 4 heterocycles. The lowest BCUT2D eigenvalue weighted by molar-refractivity contribution is -0.274. The van der Waals surface area contributed by atoms with Gasteiger partial charge >= 0.3 is 6.36 Å². The SMILES string of the molecule is Cc1ncc(-c2ncc(OC(F)(F)F)cn2)cc1CC(=O)c1cnc(-c2ccc3c(c2)CC(=O)N3)o1. The van der Waals surface area contributed by atoms with Crippen molar-refractivity contribution in [1.29, 1.82) is 0 Å². The van der Waals surface area contributed by atoms with Crippen molar-refractivity contribution in [1.82, 2.24) is 19.9 Å². The van der Waals surface area contributed by atoms with Crippen LogP contribution in [0.3, 0.4) is 0 Å². The molecule has 9 nitrogen and oxygen atoms in total. The van der Waals surface area contributed by atoms with Crippen LogP contribution in [0.4, 0.5) is 18.9 Å². The molecule has 0 saturated carbocycles. The smallest absolute Gasteiger partial charge is 0.433 e. The Balaban J connectivity index is 1.32. The number of aromatic nitrogens is 4. The number of ether oxygens (including phenoxy) is 1. The number of alkyl halides is 3. The van der Waals surface area contributed by atoms with E-state index in [0.29, 0.717) is 22.4 Å². The van der Waals surface area contributed by atoms with Crippen molar-refractivity contribution in [3.8, 4) is 28.6 Å². The Morgan fingerprint density at radius 1 is 1.06 bits per heavy atom. The molecule has 0 atom stereocenters. The number of nitrogens with zero attached hydrogens (tertiary/aromatic N) is 4. The number of nitrogens with one attached hydrogen (secondary N) is 1. The van der Waals surface area contributed by atoms with Gasteiger partial charge in [0, 0.05) is 35.1 Å². The number of hydrogen-bond acceptors (Lipinski definition) is 8. The number of hydrogen-bond donors (Lipinski definition) is 1. The number of oxazole rings is 1. The average Bonchev–Trinajstić information content (AvgIpc) is 3.46. The van der Waals surface area contributed by atoms with Gasteiger partial charge in [0.15, 0.2) is 17.3 Å². The number of Topliss-reactive ketones (excluding diaryl/α,β-unsaturated/α-hetero) is 1. The summed E-state index contributed by atoms with van der Waals surface area (Å²) in [7, 11) is 0. The molecule has 182 valence electrons. The highest BCUT2D eigenvalue weighted by Gasteiger charge is 2.31. The van der Waals surface area contributed by atoms with Crippen LogP contribution in [0.5, 0.6) is 5.75 Å². The van der Waals surface area contributed by atoms with E-state index < -0.39 is 12.1 Å². The van der Waals surface area contributed by atoms with E-state index in [1.54, 1.807) is 31.2 Å². The largest absolute Gasteiger partial charge is 0.573 e. The zero-order chi connectivity index (χ0) is 25.4. The first-order valence-electron chi connectivity index (χ1n) is 10.6. The van der Waals surface area contributed by atoms with Gasteiger partial charge in [0.2, 0.25) is 17.6 Å². The first-order chi connectivity index (χ1) is 17.1. The maximum Gasteiger partial charge on any atom is 0.573 e. The molecule has 4 aromatic rings. The Bertz CT molecular complexity index is 1480. The zero-order valence-corrected chi connectivity index (χ0v) is 18.6. The van der Waals surface area contributed by atoms with E-state index in [4.69, 9.17) is 4.42 Å². The summed E-state index contributed by atoms with van der Waals surface area (Å²) in [5, 5.41) is 2.75. The Hall–Kier alpha value is -4.61. The molecule has 1 aromatic carbocycles. The van der Waals surface area contributed by atoms with Gasteiger partial charge in [-0.15, -0.1) is 13.2 Å². The molecule has 0 fully saturated rings. The normalized spacial score (nSPS) is 12.8. The van der Waals surface area contributed by atoms with Gasteiger partial charge in [0.1, 0.15) is 0 Å². The first-order valence-corrected chi connectivity index (χ1v) is 10.6. The average molecular weight is 495 g/mol. The van der Waals surface area contributed by atoms with Crippen LogP contribution in [0.1, 0.15) is 27.4 Å². The van der Waals surface area contributed by atoms with Crippen LogP contribution in [0.15, 0.2) is 53.5 Å². The van der Waals surface area contributed by atoms with Crippen molar-refractivity contribution in [2.45, 2.75) is 26.1 Å². The third-order valence-corrected chi connectivity index (χ3v) is 5.42. The lowest BCUT2D eigenvalue weighted by Gasteiger charge is -2.09. The summed E-state index contributed by atoms with van der Waals surface area (Å²) in [6.07, 6.45) is -0.0320. The second-order valence-corrected chi connectivity index (χ2v) is 7.99. The summed E-state index contributed by atoms with van der Waals surface area (Å²) in [4.78, 5) is 40.7. The van der Waals surface area contributed by atoms with Crippen LogP contribution in [-0.2, 0) is 17.6 Å². The molecule has 0 bridgehead atoms. The fraction of sp³-hybridized carbons (Fsp3) is 0.167. The molecule has 1 aliphatic heterocycles. The van der Waals surface area contributed by atoms with Crippen molar-refractivity contribution in [3.63, 3.8) is 0 Å². The van der Waals surface area contributed by atoms with Crippen LogP contribution in [0.25, 0.3) is 22.8 Å². The van der Waals surface area contributed by atoms with Gasteiger partial charge in [-0.25, -0.2) is 15.0 Å². The molecule has 0 aliphatic carbocycles. The monoisotopic (exact) mass is 495 g/mol. The van der Waals surface area contributed by atoms with Gasteiger partial charge in [-0.1, -0.05) is 0 Å². The molecule has 0 unspecified atom stereocenters. The summed E-state index contributed by atoms with van der Waals surface area (Å²) in [5.41, 5.74) is 3.76. The molecule has 12 heteroatoms. The van der Waals surface area contributed by atoms with Crippen molar-refractivity contribution in [2.24, 2.45) is 0 Å². The highest BCUT2D eigenvalue weighted by atomic mass is 19.4. The summed E-state index contributed by atoms with van der Waals surface area (Å²) in [6.45, 7) is 1.72. The third-order valence-electron chi connectivity index (χ3n) is 5.42. The molecular weight excluding hydrogens is 479 g/mol. The van der Waals surface area contributed by atoms with Gasteiger partial charge in [0.25, 0.3) is 0 Å². The summed E-state index contributed by atoms with van der Waals surface area (Å²) in [6, 6.07) is 6.93. The van der Waals surface area contributed by atoms with Crippen molar-refractivity contribution in [3.05, 3.63) is 71.6 Å². The van der Waals surface area contributed by atoms with E-state index in [-0.39, 0.29) is 42.0 Å². The van der Waals surface area contributed by atoms with E-state index in [2.05, 4.69) is 30.0 Å². The molecule has 1 aliphatic rings. The second-order valence-electron chi connectivity index (χ2n) is 7.99. The minimum absolute atomic E-state index is 0.0504. The zero-order valence-electron chi connectivity index (χ0n) is 18.6. The molecule has 0 spiro atoms. The predicted octanol–water partition coefficient (Wildman–Crippen LogP) is 4.32. The second kappa shape index (κ2) is 8.87. The standard InChI is InChI=1S/C24H16F3N5O4/c1-12-14(5-16(8-28-12)22-29-9-17(10-30-22)36-24(25,26)27)6-19(33)20-11-31-23(35-20)13-2-3-18-15(4-13)7-21(34)32-18/h2-5,8-11H,6-7H2,1H3,(H,32,34). The highest BCUT2D eigenvalue weighted by Crippen LogP contribution is 2.29. The van der Waals surface area contributed by atoms with Crippen molar-refractivity contribution >= 4 is 17.4 Å². The number of ketones is 1. The molecular formula is C24H16F3N5O4. The molecule has 3 aromatic heterocycles. The molecule has 36 heavy (non-hydrogen) atoms. The van der Waals surface area contributed by atoms with Crippen molar-refractivity contribution in [2.75, 3.05) is 5.32 Å². The van der Waals surface area contributed by atoms with E-state index >= 15 is 0 Å². The number of carbonyl (C=O) groups excluding carboxylic acids is 2. The van der Waals surface area contributed by atoms with Gasteiger partial charge in [-0.05, 0) is 42.3 Å². The lowest BCUT2D eigenvalue weighted by atomic mass is 10.0. The first kappa shape index (κ1) is 23.1. The lowest BCUT2D eigenvalue weighted by Crippen LogP contribution is -2.17. The number of halogens is 3. The van der Waals surface area contributed by atoms with E-state index in [1.807, 2.05) is 0 Å². The molecule has 5 rings (SSSR count). The topological polar surface area (TPSA) is 120 Å². The third kappa shape index (κ3) is 4.92. The van der Waals surface area contributed by atoms with E-state index in [9.17, 15) is 22.8 Å². The number of aryl methyl sites for hydroxylation is 1. The number of rotatable bonds is 6. The number of amides is 1. The molecule has 1 amide bonds. The van der Waals surface area contributed by atoms with Crippen LogP contribution in [0, 0.1) is 6.92 Å². The minimum Gasteiger partial charge on any atom is -0.433 e. The highest BCUT2D eigenvalue weighted by molar-refractivity contribution is 5.99. The van der Waals surface area contributed by atoms with Crippen LogP contribution in [0.2, 0.25) is 0 Å². The summed E-state index contributed by atoms with van der Waals surface area (Å²) >= 11 is 0. The summed E-state index contributed by atoms with van der Waals surface area (Å²) < 4.78 is 46.5. The van der Waals surface area contributed by atoms with Crippen LogP contribution >= 0.6 is 0 Å². The maximum absolute atomic E-state index is 12.9. The number of fused-ring (bicyclic) bond motifs is 1. The summed E-state index contributed by atoms with van der Waals surface area (Å²) in [5.74, 6) is -0.560. The minimum atomic E-state index is -4.85. The fourth-order valence-corrected chi connectivity index (χ4v) is 3.69. The van der Waals surface area contributed by atoms with Crippen LogP contribution in [-0.4, -0.2) is 38.0 Å². The Labute approximate surface area is 201 Å². The predicted molar refractivity (Wildman–Crippen MR) is 119 cm³/mol. The van der Waals surface area contributed by atoms with Crippen LogP contribution < -0.4 is 10.1 Å².